The standard InChI is InChI=1S/C16H20O/c1-2-6-13-9-11-15(12-10-13)16(17)14-7-4-3-5-8-14/h7,9-12H,2-6,8H2,1H3. The molecule has 0 amide bonds. The molecule has 90 valence electrons. The molecule has 0 radical (unpaired) electrons. The van der Waals surface area contributed by atoms with Crippen LogP contribution in [0.4, 0.5) is 0 Å². The Morgan fingerprint density at radius 1 is 1.18 bits per heavy atom. The zero-order valence-corrected chi connectivity index (χ0v) is 10.5. The molecule has 0 saturated heterocycles. The molecule has 0 aliphatic heterocycles. The van der Waals surface area contributed by atoms with E-state index in [2.05, 4.69) is 25.1 Å². The molecular weight excluding hydrogens is 208 g/mol. The van der Waals surface area contributed by atoms with Gasteiger partial charge in [-0.3, -0.25) is 4.79 Å². The minimum atomic E-state index is 0.229. The molecule has 1 heteroatoms. The van der Waals surface area contributed by atoms with E-state index in [9.17, 15) is 4.79 Å². The molecule has 0 heterocycles. The van der Waals surface area contributed by atoms with Gasteiger partial charge in [0.2, 0.25) is 0 Å². The first-order valence-electron chi connectivity index (χ1n) is 6.64. The molecule has 0 fully saturated rings. The number of benzene rings is 1. The van der Waals surface area contributed by atoms with Crippen molar-refractivity contribution in [2.45, 2.75) is 45.4 Å². The summed E-state index contributed by atoms with van der Waals surface area (Å²) in [6, 6.07) is 8.12. The first kappa shape index (κ1) is 12.1. The molecule has 17 heavy (non-hydrogen) atoms. The van der Waals surface area contributed by atoms with Crippen LogP contribution in [-0.4, -0.2) is 5.78 Å². The summed E-state index contributed by atoms with van der Waals surface area (Å²) in [5.41, 5.74) is 3.18. The first-order valence-corrected chi connectivity index (χ1v) is 6.64. The van der Waals surface area contributed by atoms with Crippen molar-refractivity contribution in [3.05, 3.63) is 47.0 Å². The average molecular weight is 228 g/mol. The molecule has 2 rings (SSSR count). The van der Waals surface area contributed by atoms with E-state index in [1.165, 1.54) is 12.0 Å². The van der Waals surface area contributed by atoms with Crippen LogP contribution in [0.3, 0.4) is 0 Å². The van der Waals surface area contributed by atoms with Crippen LogP contribution in [0.15, 0.2) is 35.9 Å². The smallest absolute Gasteiger partial charge is 0.188 e. The highest BCUT2D eigenvalue weighted by Crippen LogP contribution is 2.21. The van der Waals surface area contributed by atoms with Crippen molar-refractivity contribution in [1.29, 1.82) is 0 Å². The number of ketones is 1. The minimum absolute atomic E-state index is 0.229. The van der Waals surface area contributed by atoms with Crippen molar-refractivity contribution in [2.24, 2.45) is 0 Å². The van der Waals surface area contributed by atoms with E-state index in [0.717, 1.165) is 43.2 Å². The SMILES string of the molecule is CCCc1ccc(C(=O)C2=CCCCC2)cc1. The monoisotopic (exact) mass is 228 g/mol. The van der Waals surface area contributed by atoms with Crippen LogP contribution in [0.2, 0.25) is 0 Å². The van der Waals surface area contributed by atoms with Crippen LogP contribution in [0.25, 0.3) is 0 Å². The van der Waals surface area contributed by atoms with E-state index in [-0.39, 0.29) is 5.78 Å². The van der Waals surface area contributed by atoms with Crippen LogP contribution < -0.4 is 0 Å². The van der Waals surface area contributed by atoms with Crippen LogP contribution in [0.5, 0.6) is 0 Å². The van der Waals surface area contributed by atoms with Gasteiger partial charge in [0, 0.05) is 5.56 Å². The highest BCUT2D eigenvalue weighted by Gasteiger charge is 2.13. The third-order valence-corrected chi connectivity index (χ3v) is 3.34. The third kappa shape index (κ3) is 3.06. The lowest BCUT2D eigenvalue weighted by Gasteiger charge is -2.11. The molecule has 1 aliphatic rings. The highest BCUT2D eigenvalue weighted by atomic mass is 16.1. The predicted octanol–water partition coefficient (Wildman–Crippen LogP) is 4.32. The molecule has 0 N–H and O–H groups in total. The summed E-state index contributed by atoms with van der Waals surface area (Å²) in [6.07, 6.45) is 8.77. The number of aryl methyl sites for hydroxylation is 1. The molecule has 1 nitrogen and oxygen atoms in total. The van der Waals surface area contributed by atoms with E-state index in [1.807, 2.05) is 12.1 Å². The summed E-state index contributed by atoms with van der Waals surface area (Å²) in [5, 5.41) is 0. The zero-order valence-electron chi connectivity index (χ0n) is 10.5. The second kappa shape index (κ2) is 5.81. The summed E-state index contributed by atoms with van der Waals surface area (Å²) in [7, 11) is 0. The Labute approximate surface area is 104 Å². The summed E-state index contributed by atoms with van der Waals surface area (Å²) < 4.78 is 0. The summed E-state index contributed by atoms with van der Waals surface area (Å²) in [4.78, 5) is 12.2. The number of rotatable bonds is 4. The fourth-order valence-corrected chi connectivity index (χ4v) is 2.34. The number of allylic oxidation sites excluding steroid dienone is 2. The van der Waals surface area contributed by atoms with Crippen molar-refractivity contribution in [2.75, 3.05) is 0 Å². The van der Waals surface area contributed by atoms with Gasteiger partial charge in [0.1, 0.15) is 0 Å². The van der Waals surface area contributed by atoms with Crippen molar-refractivity contribution in [1.82, 2.24) is 0 Å². The Kier molecular flexibility index (Phi) is 4.13. The van der Waals surface area contributed by atoms with Gasteiger partial charge < -0.3 is 0 Å². The summed E-state index contributed by atoms with van der Waals surface area (Å²) in [5.74, 6) is 0.229. The maximum atomic E-state index is 12.2. The molecule has 1 aliphatic carbocycles. The van der Waals surface area contributed by atoms with Gasteiger partial charge >= 0.3 is 0 Å². The predicted molar refractivity (Wildman–Crippen MR) is 71.3 cm³/mol. The second-order valence-corrected chi connectivity index (χ2v) is 4.75. The average Bonchev–Trinajstić information content (AvgIpc) is 2.40. The van der Waals surface area contributed by atoms with E-state index in [4.69, 9.17) is 0 Å². The van der Waals surface area contributed by atoms with Crippen LogP contribution in [0.1, 0.15) is 54.9 Å². The van der Waals surface area contributed by atoms with Crippen LogP contribution in [0, 0.1) is 0 Å². The third-order valence-electron chi connectivity index (χ3n) is 3.34. The molecule has 0 aromatic heterocycles. The van der Waals surface area contributed by atoms with Crippen molar-refractivity contribution < 1.29 is 4.79 Å². The quantitative estimate of drug-likeness (QED) is 0.701. The lowest BCUT2D eigenvalue weighted by Crippen LogP contribution is -2.06. The highest BCUT2D eigenvalue weighted by molar-refractivity contribution is 6.08. The largest absolute Gasteiger partial charge is 0.289 e. The van der Waals surface area contributed by atoms with Gasteiger partial charge in [-0.15, -0.1) is 0 Å². The summed E-state index contributed by atoms with van der Waals surface area (Å²) in [6.45, 7) is 2.17. The molecule has 0 bridgehead atoms. The second-order valence-electron chi connectivity index (χ2n) is 4.75. The molecule has 0 unspecified atom stereocenters. The van der Waals surface area contributed by atoms with Gasteiger partial charge in [-0.1, -0.05) is 43.7 Å². The van der Waals surface area contributed by atoms with Gasteiger partial charge in [0.05, 0.1) is 0 Å². The molecule has 0 saturated carbocycles. The zero-order chi connectivity index (χ0) is 12.1. The van der Waals surface area contributed by atoms with Gasteiger partial charge in [-0.2, -0.15) is 0 Å². The molecule has 1 aromatic carbocycles. The molecular formula is C16H20O. The number of carbonyl (C=O) groups excluding carboxylic acids is 1. The van der Waals surface area contributed by atoms with Gasteiger partial charge in [-0.05, 0) is 43.2 Å². The van der Waals surface area contributed by atoms with Crippen molar-refractivity contribution >= 4 is 5.78 Å². The Hall–Kier alpha value is -1.37. The lowest BCUT2D eigenvalue weighted by atomic mass is 9.92. The topological polar surface area (TPSA) is 17.1 Å². The Bertz CT molecular complexity index is 412. The summed E-state index contributed by atoms with van der Waals surface area (Å²) >= 11 is 0. The number of Topliss-reactive ketones (excluding diaryl/α,β-unsaturated/α-hetero) is 1. The van der Waals surface area contributed by atoms with E-state index >= 15 is 0 Å². The van der Waals surface area contributed by atoms with E-state index in [0.29, 0.717) is 0 Å². The molecule has 1 aromatic rings. The van der Waals surface area contributed by atoms with Gasteiger partial charge in [0.15, 0.2) is 5.78 Å². The van der Waals surface area contributed by atoms with E-state index < -0.39 is 0 Å². The van der Waals surface area contributed by atoms with Gasteiger partial charge in [-0.25, -0.2) is 0 Å². The van der Waals surface area contributed by atoms with Crippen molar-refractivity contribution in [3.63, 3.8) is 0 Å². The molecule has 0 atom stereocenters. The van der Waals surface area contributed by atoms with Crippen LogP contribution in [-0.2, 0) is 6.42 Å². The van der Waals surface area contributed by atoms with Gasteiger partial charge in [0.25, 0.3) is 0 Å². The Balaban J connectivity index is 2.11. The first-order chi connectivity index (χ1) is 8.31. The maximum Gasteiger partial charge on any atom is 0.188 e. The molecule has 0 spiro atoms. The number of carbonyl (C=O) groups is 1. The lowest BCUT2D eigenvalue weighted by molar-refractivity contribution is 0.102. The van der Waals surface area contributed by atoms with Crippen molar-refractivity contribution in [3.8, 4) is 0 Å². The fourth-order valence-electron chi connectivity index (χ4n) is 2.34. The van der Waals surface area contributed by atoms with Crippen LogP contribution >= 0.6 is 0 Å². The fraction of sp³-hybridized carbons (Fsp3) is 0.438. The minimum Gasteiger partial charge on any atom is -0.289 e. The van der Waals surface area contributed by atoms with E-state index in [1.54, 1.807) is 0 Å². The Morgan fingerprint density at radius 2 is 1.94 bits per heavy atom. The number of hydrogen-bond acceptors (Lipinski definition) is 1. The number of hydrogen-bond donors (Lipinski definition) is 0. The maximum absolute atomic E-state index is 12.2. The normalized spacial score (nSPS) is 15.5. The Morgan fingerprint density at radius 3 is 2.53 bits per heavy atom.